The van der Waals surface area contributed by atoms with Gasteiger partial charge < -0.3 is 5.32 Å². The first-order valence-corrected chi connectivity index (χ1v) is 9.19. The number of likely N-dealkylation sites (tertiary alicyclic amines) is 1. The van der Waals surface area contributed by atoms with E-state index in [1.54, 1.807) is 11.3 Å². The van der Waals surface area contributed by atoms with Crippen LogP contribution in [0.15, 0.2) is 17.5 Å². The van der Waals surface area contributed by atoms with Gasteiger partial charge in [0, 0.05) is 30.7 Å². The number of hydrogen-bond acceptors (Lipinski definition) is 4. The van der Waals surface area contributed by atoms with Gasteiger partial charge in [0.15, 0.2) is 0 Å². The van der Waals surface area contributed by atoms with E-state index in [9.17, 15) is 14.4 Å². The van der Waals surface area contributed by atoms with Gasteiger partial charge >= 0.3 is 0 Å². The first kappa shape index (κ1) is 16.2. The van der Waals surface area contributed by atoms with Gasteiger partial charge in [-0.25, -0.2) is 0 Å². The van der Waals surface area contributed by atoms with Gasteiger partial charge in [0.1, 0.15) is 0 Å². The molecular formula is C17H22N2O3S. The van der Waals surface area contributed by atoms with E-state index in [0.29, 0.717) is 5.92 Å². The molecule has 5 nitrogen and oxygen atoms in total. The molecule has 1 saturated carbocycles. The lowest BCUT2D eigenvalue weighted by molar-refractivity contribution is -0.138. The Hall–Kier alpha value is -1.69. The van der Waals surface area contributed by atoms with Gasteiger partial charge in [0.2, 0.25) is 17.7 Å². The lowest BCUT2D eigenvalue weighted by atomic mass is 9.96. The maximum atomic E-state index is 12.3. The summed E-state index contributed by atoms with van der Waals surface area (Å²) in [6.45, 7) is 0.200. The standard InChI is InChI=1S/C17H22N2O3S/c20-14(9-10-19-15(21)7-8-16(19)22)18-17(12-4-1-2-5-12)13-6-3-11-23-13/h3,6,11-12,17H,1-2,4-5,7-10H2,(H,18,20)/t17-/m1/s1. The number of carbonyl (C=O) groups is 3. The lowest BCUT2D eigenvalue weighted by Gasteiger charge is -2.24. The molecule has 2 heterocycles. The third-order valence-corrected chi connectivity index (χ3v) is 5.71. The Balaban J connectivity index is 1.57. The molecule has 1 aliphatic heterocycles. The van der Waals surface area contributed by atoms with Crippen LogP contribution in [0.3, 0.4) is 0 Å². The van der Waals surface area contributed by atoms with E-state index in [0.717, 1.165) is 12.8 Å². The second-order valence-corrected chi connectivity index (χ2v) is 7.27. The summed E-state index contributed by atoms with van der Waals surface area (Å²) in [5.74, 6) is 0.0947. The number of thiophene rings is 1. The van der Waals surface area contributed by atoms with Crippen molar-refractivity contribution >= 4 is 29.1 Å². The van der Waals surface area contributed by atoms with E-state index in [1.165, 1.54) is 22.6 Å². The SMILES string of the molecule is O=C(CCN1C(=O)CCC1=O)N[C@@H](c1cccs1)C1CCCC1. The summed E-state index contributed by atoms with van der Waals surface area (Å²) in [5, 5.41) is 5.17. The fourth-order valence-corrected chi connectivity index (χ4v) is 4.38. The van der Waals surface area contributed by atoms with Crippen molar-refractivity contribution in [3.05, 3.63) is 22.4 Å². The van der Waals surface area contributed by atoms with Crippen molar-refractivity contribution in [2.45, 2.75) is 51.0 Å². The summed E-state index contributed by atoms with van der Waals surface area (Å²) in [6.07, 6.45) is 5.48. The van der Waals surface area contributed by atoms with E-state index < -0.39 is 0 Å². The van der Waals surface area contributed by atoms with Crippen molar-refractivity contribution in [3.8, 4) is 0 Å². The molecule has 23 heavy (non-hydrogen) atoms. The Bertz CT molecular complexity index is 563. The lowest BCUT2D eigenvalue weighted by Crippen LogP contribution is -2.36. The Morgan fingerprint density at radius 2 is 1.96 bits per heavy atom. The summed E-state index contributed by atoms with van der Waals surface area (Å²) >= 11 is 1.67. The zero-order chi connectivity index (χ0) is 16.2. The first-order valence-electron chi connectivity index (χ1n) is 8.31. The largest absolute Gasteiger partial charge is 0.348 e. The topological polar surface area (TPSA) is 66.5 Å². The number of nitrogens with one attached hydrogen (secondary N) is 1. The average molecular weight is 334 g/mol. The predicted octanol–water partition coefficient (Wildman–Crippen LogP) is 2.63. The molecule has 0 aromatic carbocycles. The monoisotopic (exact) mass is 334 g/mol. The molecule has 2 fully saturated rings. The predicted molar refractivity (Wildman–Crippen MR) is 87.7 cm³/mol. The highest BCUT2D eigenvalue weighted by Gasteiger charge is 2.31. The van der Waals surface area contributed by atoms with Crippen LogP contribution in [0.25, 0.3) is 0 Å². The van der Waals surface area contributed by atoms with Crippen molar-refractivity contribution < 1.29 is 14.4 Å². The number of imide groups is 1. The number of nitrogens with zero attached hydrogens (tertiary/aromatic N) is 1. The molecule has 3 rings (SSSR count). The number of rotatable bonds is 6. The normalized spacial score (nSPS) is 20.3. The van der Waals surface area contributed by atoms with Crippen LogP contribution in [0.1, 0.15) is 55.9 Å². The van der Waals surface area contributed by atoms with Crippen molar-refractivity contribution in [3.63, 3.8) is 0 Å². The van der Waals surface area contributed by atoms with Crippen LogP contribution < -0.4 is 5.32 Å². The maximum absolute atomic E-state index is 12.3. The number of hydrogen-bond donors (Lipinski definition) is 1. The molecule has 1 aromatic rings. The van der Waals surface area contributed by atoms with Gasteiger partial charge in [-0.05, 0) is 30.2 Å². The van der Waals surface area contributed by atoms with Crippen molar-refractivity contribution in [2.75, 3.05) is 6.54 Å². The molecule has 2 aliphatic rings. The molecule has 1 aliphatic carbocycles. The molecule has 0 unspecified atom stereocenters. The number of amides is 3. The molecule has 0 spiro atoms. The zero-order valence-corrected chi connectivity index (χ0v) is 13.9. The quantitative estimate of drug-likeness (QED) is 0.813. The van der Waals surface area contributed by atoms with Crippen LogP contribution in [-0.2, 0) is 14.4 Å². The average Bonchev–Trinajstić information content (AvgIpc) is 3.27. The van der Waals surface area contributed by atoms with Gasteiger partial charge in [-0.3, -0.25) is 19.3 Å². The Labute approximate surface area is 140 Å². The van der Waals surface area contributed by atoms with Gasteiger partial charge in [0.25, 0.3) is 0 Å². The Kier molecular flexibility index (Phi) is 5.10. The highest BCUT2D eigenvalue weighted by atomic mass is 32.1. The third kappa shape index (κ3) is 3.80. The summed E-state index contributed by atoms with van der Waals surface area (Å²) in [5.41, 5.74) is 0. The van der Waals surface area contributed by atoms with Crippen molar-refractivity contribution in [1.29, 1.82) is 0 Å². The highest BCUT2D eigenvalue weighted by molar-refractivity contribution is 7.10. The molecule has 6 heteroatoms. The van der Waals surface area contributed by atoms with E-state index in [2.05, 4.69) is 11.4 Å². The summed E-state index contributed by atoms with van der Waals surface area (Å²) in [7, 11) is 0. The maximum Gasteiger partial charge on any atom is 0.229 e. The Morgan fingerprint density at radius 1 is 1.26 bits per heavy atom. The van der Waals surface area contributed by atoms with E-state index >= 15 is 0 Å². The molecule has 1 saturated heterocycles. The zero-order valence-electron chi connectivity index (χ0n) is 13.1. The molecule has 1 N–H and O–H groups in total. The van der Waals surface area contributed by atoms with Crippen molar-refractivity contribution in [1.82, 2.24) is 10.2 Å². The van der Waals surface area contributed by atoms with Crippen molar-refractivity contribution in [2.24, 2.45) is 5.92 Å². The third-order valence-electron chi connectivity index (χ3n) is 4.75. The first-order chi connectivity index (χ1) is 11.1. The minimum absolute atomic E-state index is 0.0648. The van der Waals surface area contributed by atoms with Crippen LogP contribution in [0.5, 0.6) is 0 Å². The summed E-state index contributed by atoms with van der Waals surface area (Å²) in [6, 6.07) is 4.15. The molecule has 1 atom stereocenters. The fraction of sp³-hybridized carbons (Fsp3) is 0.588. The second-order valence-electron chi connectivity index (χ2n) is 6.29. The molecule has 1 aromatic heterocycles. The second kappa shape index (κ2) is 7.25. The molecular weight excluding hydrogens is 312 g/mol. The van der Waals surface area contributed by atoms with Gasteiger partial charge in [-0.2, -0.15) is 0 Å². The van der Waals surface area contributed by atoms with Gasteiger partial charge in [-0.15, -0.1) is 11.3 Å². The minimum atomic E-state index is -0.159. The van der Waals surface area contributed by atoms with Gasteiger partial charge in [0.05, 0.1) is 6.04 Å². The van der Waals surface area contributed by atoms with E-state index in [4.69, 9.17) is 0 Å². The van der Waals surface area contributed by atoms with E-state index in [-0.39, 0.29) is 49.6 Å². The van der Waals surface area contributed by atoms with Crippen LogP contribution in [0.4, 0.5) is 0 Å². The summed E-state index contributed by atoms with van der Waals surface area (Å²) < 4.78 is 0. The number of carbonyl (C=O) groups excluding carboxylic acids is 3. The molecule has 3 amide bonds. The van der Waals surface area contributed by atoms with Crippen LogP contribution in [-0.4, -0.2) is 29.2 Å². The molecule has 0 radical (unpaired) electrons. The van der Waals surface area contributed by atoms with Crippen LogP contribution in [0, 0.1) is 5.92 Å². The smallest absolute Gasteiger partial charge is 0.229 e. The Morgan fingerprint density at radius 3 is 2.57 bits per heavy atom. The fourth-order valence-electron chi connectivity index (χ4n) is 3.51. The minimum Gasteiger partial charge on any atom is -0.348 e. The highest BCUT2D eigenvalue weighted by Crippen LogP contribution is 2.37. The van der Waals surface area contributed by atoms with E-state index in [1.807, 2.05) is 11.4 Å². The van der Waals surface area contributed by atoms with Gasteiger partial charge in [-0.1, -0.05) is 18.9 Å². The van der Waals surface area contributed by atoms with Crippen LogP contribution in [0.2, 0.25) is 0 Å². The van der Waals surface area contributed by atoms with Crippen LogP contribution >= 0.6 is 11.3 Å². The summed E-state index contributed by atoms with van der Waals surface area (Å²) in [4.78, 5) is 37.9. The molecule has 0 bridgehead atoms. The molecule has 124 valence electrons.